The Morgan fingerprint density at radius 1 is 1.36 bits per heavy atom. The van der Waals surface area contributed by atoms with Crippen LogP contribution in [0.1, 0.15) is 29.0 Å². The summed E-state index contributed by atoms with van der Waals surface area (Å²) in [7, 11) is 0. The van der Waals surface area contributed by atoms with Gasteiger partial charge in [-0.1, -0.05) is 26.5 Å². The summed E-state index contributed by atoms with van der Waals surface area (Å²) < 4.78 is 17.1. The lowest BCUT2D eigenvalue weighted by molar-refractivity contribution is -0.138. The molecule has 0 unspecified atom stereocenters. The van der Waals surface area contributed by atoms with Crippen molar-refractivity contribution < 1.29 is 18.9 Å². The zero-order valence-corrected chi connectivity index (χ0v) is 19.2. The van der Waals surface area contributed by atoms with Crippen molar-refractivity contribution in [2.75, 3.05) is 5.12 Å². The number of hydrogen-bond donors (Lipinski definition) is 2. The Bertz CT molecular complexity index is 1310. The lowest BCUT2D eigenvalue weighted by Gasteiger charge is -2.30. The molecule has 33 heavy (non-hydrogen) atoms. The number of ketones is 1. The molecule has 11 heteroatoms. The van der Waals surface area contributed by atoms with E-state index in [1.165, 1.54) is 23.0 Å². The number of anilines is 1. The largest absolute Gasteiger partial charge is 0.364 e. The molecule has 1 saturated heterocycles. The fourth-order valence-electron chi connectivity index (χ4n) is 4.51. The fourth-order valence-corrected chi connectivity index (χ4v) is 4.90. The van der Waals surface area contributed by atoms with Gasteiger partial charge in [0.25, 0.3) is 11.8 Å². The van der Waals surface area contributed by atoms with Crippen molar-refractivity contribution in [2.24, 2.45) is 11.7 Å². The molecule has 0 radical (unpaired) electrons. The van der Waals surface area contributed by atoms with E-state index in [2.05, 4.69) is 31.3 Å². The first-order valence-electron chi connectivity index (χ1n) is 10.4. The Morgan fingerprint density at radius 2 is 2.15 bits per heavy atom. The zero-order chi connectivity index (χ0) is 23.5. The summed E-state index contributed by atoms with van der Waals surface area (Å²) in [6.07, 6.45) is 2.53. The van der Waals surface area contributed by atoms with E-state index >= 15 is 4.48 Å². The van der Waals surface area contributed by atoms with Crippen LogP contribution in [0, 0.1) is 12.8 Å². The third-order valence-electron chi connectivity index (χ3n) is 6.28. The number of amides is 2. The number of carbonyl (C=O) groups is 3. The molecule has 0 bridgehead atoms. The first-order chi connectivity index (χ1) is 15.7. The van der Waals surface area contributed by atoms with Gasteiger partial charge in [0.05, 0.1) is 17.4 Å². The molecule has 3 atom stereocenters. The van der Waals surface area contributed by atoms with Crippen LogP contribution >= 0.6 is 15.9 Å². The van der Waals surface area contributed by atoms with Crippen LogP contribution in [0.15, 0.2) is 41.0 Å². The average Bonchev–Trinajstić information content (AvgIpc) is 3.23. The van der Waals surface area contributed by atoms with Crippen LogP contribution in [-0.4, -0.2) is 43.9 Å². The number of primary amides is 1. The predicted molar refractivity (Wildman–Crippen MR) is 121 cm³/mol. The van der Waals surface area contributed by atoms with Crippen molar-refractivity contribution in [3.8, 4) is 0 Å². The van der Waals surface area contributed by atoms with Gasteiger partial charge in [0.1, 0.15) is 6.54 Å². The first kappa shape index (κ1) is 21.7. The number of aromatic nitrogens is 3. The van der Waals surface area contributed by atoms with Crippen LogP contribution < -0.4 is 16.2 Å². The molecule has 1 aromatic carbocycles. The lowest BCUT2D eigenvalue weighted by Crippen LogP contribution is -2.61. The molecule has 2 aromatic heterocycles. The molecule has 2 amide bonds. The average molecular weight is 515 g/mol. The minimum absolute atomic E-state index is 0.00586. The van der Waals surface area contributed by atoms with Gasteiger partial charge >= 0.3 is 0 Å². The van der Waals surface area contributed by atoms with E-state index in [9.17, 15) is 14.4 Å². The molecule has 3 N–H and O–H groups in total. The minimum Gasteiger partial charge on any atom is -0.364 e. The number of rotatable bonds is 6. The van der Waals surface area contributed by atoms with Crippen molar-refractivity contribution in [3.05, 3.63) is 52.4 Å². The summed E-state index contributed by atoms with van der Waals surface area (Å²) in [5.74, 6) is -2.13. The summed E-state index contributed by atoms with van der Waals surface area (Å²) in [6.45, 7) is 1.41. The highest BCUT2D eigenvalue weighted by Gasteiger charge is 2.62. The number of hydrogen-bond acceptors (Lipinski definition) is 6. The summed E-state index contributed by atoms with van der Waals surface area (Å²) >= 11 is 3.27. The molecule has 0 spiro atoms. The Morgan fingerprint density at radius 3 is 2.82 bits per heavy atom. The molecular weight excluding hydrogens is 495 g/mol. The third-order valence-corrected chi connectivity index (χ3v) is 6.77. The third kappa shape index (κ3) is 3.61. The highest BCUT2D eigenvalue weighted by molar-refractivity contribution is 9.10. The lowest BCUT2D eigenvalue weighted by atomic mass is 9.88. The Hall–Kier alpha value is -3.18. The first-order valence-corrected chi connectivity index (χ1v) is 11.2. The van der Waals surface area contributed by atoms with E-state index in [0.717, 1.165) is 6.42 Å². The van der Waals surface area contributed by atoms with Gasteiger partial charge in [0.2, 0.25) is 0 Å². The number of pyridine rings is 1. The normalized spacial score (nSPS) is 23.4. The number of fused-ring (bicyclic) bond motifs is 2. The van der Waals surface area contributed by atoms with Crippen molar-refractivity contribution in [1.29, 1.82) is 0 Å². The summed E-state index contributed by atoms with van der Waals surface area (Å²) in [5.41, 5.74) is 4.84. The maximum atomic E-state index is 15.2. The van der Waals surface area contributed by atoms with Crippen molar-refractivity contribution in [1.82, 2.24) is 20.1 Å². The summed E-state index contributed by atoms with van der Waals surface area (Å²) in [6, 6.07) is 7.87. The van der Waals surface area contributed by atoms with E-state index in [4.69, 9.17) is 5.73 Å². The molecule has 3 heterocycles. The molecule has 1 saturated carbocycles. The molecule has 1 aliphatic heterocycles. The standard InChI is InChI=1S/C22H20BrFN6O3/c1-11-5-15-17(9-26-11)29(28-19(15)20(25)32)10-18(31)22(8-12-6-16(12)27-22)21(33)30(24)14-4-2-3-13(23)7-14/h2-5,7,9,12,16,27H,6,8,10H2,1H3,(H2,25,32)/t12-,16-,22+/m1/s1. The predicted octanol–water partition coefficient (Wildman–Crippen LogP) is 2.21. The smallest absolute Gasteiger partial charge is 0.283 e. The van der Waals surface area contributed by atoms with Gasteiger partial charge in [0, 0.05) is 21.6 Å². The number of nitrogens with zero attached hydrogens (tertiary/aromatic N) is 4. The fraction of sp³-hybridized carbons (Fsp3) is 0.318. The quantitative estimate of drug-likeness (QED) is 0.384. The van der Waals surface area contributed by atoms with Crippen LogP contribution in [0.3, 0.4) is 0 Å². The number of benzene rings is 1. The van der Waals surface area contributed by atoms with Gasteiger partial charge in [0.15, 0.2) is 17.0 Å². The van der Waals surface area contributed by atoms with E-state index < -0.39 is 23.1 Å². The number of piperidine rings is 1. The number of carbonyl (C=O) groups excluding carboxylic acids is 3. The van der Waals surface area contributed by atoms with E-state index in [-0.39, 0.29) is 41.4 Å². The zero-order valence-electron chi connectivity index (χ0n) is 17.6. The number of nitrogens with two attached hydrogens (primary N) is 1. The highest BCUT2D eigenvalue weighted by Crippen LogP contribution is 2.47. The van der Waals surface area contributed by atoms with Crippen LogP contribution in [-0.2, 0) is 16.1 Å². The van der Waals surface area contributed by atoms with Crippen LogP contribution in [0.2, 0.25) is 0 Å². The number of aryl methyl sites for hydroxylation is 1. The number of nitrogens with one attached hydrogen (secondary N) is 1. The topological polar surface area (TPSA) is 123 Å². The summed E-state index contributed by atoms with van der Waals surface area (Å²) in [4.78, 5) is 43.0. The van der Waals surface area contributed by atoms with Crippen LogP contribution in [0.4, 0.5) is 10.2 Å². The van der Waals surface area contributed by atoms with Gasteiger partial charge in [-0.25, -0.2) is 0 Å². The highest BCUT2D eigenvalue weighted by atomic mass is 79.9. The second kappa shape index (κ2) is 7.70. The molecule has 3 aromatic rings. The molecule has 9 nitrogen and oxygen atoms in total. The van der Waals surface area contributed by atoms with Crippen LogP contribution in [0.25, 0.3) is 10.9 Å². The Balaban J connectivity index is 1.50. The van der Waals surface area contributed by atoms with Gasteiger partial charge in [-0.2, -0.15) is 5.10 Å². The van der Waals surface area contributed by atoms with Crippen molar-refractivity contribution >= 4 is 50.1 Å². The van der Waals surface area contributed by atoms with Crippen LogP contribution in [0.5, 0.6) is 0 Å². The minimum atomic E-state index is -1.73. The molecule has 1 aliphatic carbocycles. The number of Topliss-reactive ketones (excluding diaryl/α,β-unsaturated/α-hetero) is 1. The van der Waals surface area contributed by atoms with Crippen molar-refractivity contribution in [3.63, 3.8) is 0 Å². The SMILES string of the molecule is Cc1cc2c(C(N)=O)nn(CC(=O)[C@]3(C(=O)N(F)c4cccc(Br)c4)C[C@H]4C[C@H]4N3)c2cn1. The molecule has 5 rings (SSSR count). The molecule has 2 fully saturated rings. The number of halogens is 2. The summed E-state index contributed by atoms with van der Waals surface area (Å²) in [5, 5.41) is 7.76. The molecular formula is C22H20BrFN6O3. The molecule has 2 aliphatic rings. The van der Waals surface area contributed by atoms with E-state index in [1.807, 2.05) is 0 Å². The van der Waals surface area contributed by atoms with Gasteiger partial charge in [-0.15, -0.1) is 5.12 Å². The van der Waals surface area contributed by atoms with Gasteiger partial charge in [-0.3, -0.25) is 29.4 Å². The van der Waals surface area contributed by atoms with E-state index in [0.29, 0.717) is 21.1 Å². The van der Waals surface area contributed by atoms with Gasteiger partial charge in [-0.05, 0) is 49.9 Å². The maximum Gasteiger partial charge on any atom is 0.283 e. The second-order valence-electron chi connectivity index (χ2n) is 8.56. The molecule has 170 valence electrons. The Kier molecular flexibility index (Phi) is 5.05. The Labute approximate surface area is 196 Å². The monoisotopic (exact) mass is 514 g/mol. The van der Waals surface area contributed by atoms with E-state index in [1.54, 1.807) is 25.1 Å². The second-order valence-corrected chi connectivity index (χ2v) is 9.47. The maximum absolute atomic E-state index is 15.2. The van der Waals surface area contributed by atoms with Crippen molar-refractivity contribution in [2.45, 2.75) is 37.9 Å². The van der Waals surface area contributed by atoms with Gasteiger partial charge < -0.3 is 5.73 Å².